The number of hydrogen-bond donors (Lipinski definition) is 0. The minimum atomic E-state index is -0.266. The average Bonchev–Trinajstić information content (AvgIpc) is 2.87. The van der Waals surface area contributed by atoms with Gasteiger partial charge in [0.15, 0.2) is 0 Å². The minimum absolute atomic E-state index is 0.266. The van der Waals surface area contributed by atoms with Crippen LogP contribution in [0.2, 0.25) is 0 Å². The van der Waals surface area contributed by atoms with Crippen molar-refractivity contribution in [2.24, 2.45) is 18.4 Å². The first-order valence-electron chi connectivity index (χ1n) is 6.63. The summed E-state index contributed by atoms with van der Waals surface area (Å²) in [5.41, 5.74) is -0.266. The van der Waals surface area contributed by atoms with Crippen molar-refractivity contribution >= 4 is 5.91 Å². The maximum absolute atomic E-state index is 12.2. The molecule has 1 unspecified atom stereocenters. The zero-order chi connectivity index (χ0) is 13.3. The summed E-state index contributed by atoms with van der Waals surface area (Å²) >= 11 is 0. The van der Waals surface area contributed by atoms with Crippen LogP contribution >= 0.6 is 0 Å². The zero-order valence-electron chi connectivity index (χ0n) is 11.8. The molecule has 1 atom stereocenters. The van der Waals surface area contributed by atoms with Gasteiger partial charge in [-0.1, -0.05) is 20.8 Å². The maximum Gasteiger partial charge on any atom is 0.227 e. The van der Waals surface area contributed by atoms with Crippen molar-refractivity contribution in [3.05, 3.63) is 18.2 Å². The van der Waals surface area contributed by atoms with Crippen molar-refractivity contribution in [1.29, 1.82) is 0 Å². The van der Waals surface area contributed by atoms with Crippen LogP contribution in [-0.2, 0) is 18.3 Å². The van der Waals surface area contributed by atoms with Crippen molar-refractivity contribution < 1.29 is 4.79 Å². The first-order chi connectivity index (χ1) is 8.38. The summed E-state index contributed by atoms with van der Waals surface area (Å²) in [5.74, 6) is 1.94. The van der Waals surface area contributed by atoms with Gasteiger partial charge in [-0.2, -0.15) is 0 Å². The fourth-order valence-corrected chi connectivity index (χ4v) is 2.51. The van der Waals surface area contributed by atoms with E-state index in [0.717, 1.165) is 31.8 Å². The summed E-state index contributed by atoms with van der Waals surface area (Å²) in [5, 5.41) is 0. The lowest BCUT2D eigenvalue weighted by Gasteiger charge is -2.25. The molecule has 1 aromatic rings. The van der Waals surface area contributed by atoms with Gasteiger partial charge in [-0.3, -0.25) is 4.79 Å². The molecule has 100 valence electrons. The number of aryl methyl sites for hydroxylation is 1. The summed E-state index contributed by atoms with van der Waals surface area (Å²) < 4.78 is 2.06. The first kappa shape index (κ1) is 13.1. The van der Waals surface area contributed by atoms with Gasteiger partial charge in [-0.15, -0.1) is 0 Å². The lowest BCUT2D eigenvalue weighted by atomic mass is 9.95. The van der Waals surface area contributed by atoms with E-state index >= 15 is 0 Å². The second kappa shape index (κ2) is 4.75. The maximum atomic E-state index is 12.2. The number of nitrogens with zero attached hydrogens (tertiary/aromatic N) is 3. The third-order valence-corrected chi connectivity index (χ3v) is 3.61. The van der Waals surface area contributed by atoms with Crippen LogP contribution in [0, 0.1) is 11.3 Å². The Kier molecular flexibility index (Phi) is 3.46. The molecule has 18 heavy (non-hydrogen) atoms. The van der Waals surface area contributed by atoms with Crippen LogP contribution in [0.3, 0.4) is 0 Å². The highest BCUT2D eigenvalue weighted by atomic mass is 16.2. The van der Waals surface area contributed by atoms with Gasteiger partial charge < -0.3 is 9.47 Å². The van der Waals surface area contributed by atoms with Crippen LogP contribution in [0.25, 0.3) is 0 Å². The zero-order valence-corrected chi connectivity index (χ0v) is 11.8. The Morgan fingerprint density at radius 1 is 1.50 bits per heavy atom. The molecule has 0 aromatic carbocycles. The van der Waals surface area contributed by atoms with E-state index in [0.29, 0.717) is 5.92 Å². The Hall–Kier alpha value is -1.32. The number of imidazole rings is 1. The Morgan fingerprint density at radius 2 is 2.22 bits per heavy atom. The van der Waals surface area contributed by atoms with E-state index in [1.807, 2.05) is 45.1 Å². The summed E-state index contributed by atoms with van der Waals surface area (Å²) in [7, 11) is 2.02. The van der Waals surface area contributed by atoms with Crippen LogP contribution in [0.15, 0.2) is 12.4 Å². The highest BCUT2D eigenvalue weighted by molar-refractivity contribution is 5.81. The topological polar surface area (TPSA) is 38.1 Å². The molecule has 1 aromatic heterocycles. The lowest BCUT2D eigenvalue weighted by Crippen LogP contribution is -2.38. The molecule has 4 heteroatoms. The Morgan fingerprint density at radius 3 is 2.78 bits per heavy atom. The molecule has 1 amide bonds. The van der Waals surface area contributed by atoms with Gasteiger partial charge in [0.1, 0.15) is 5.82 Å². The molecule has 0 bridgehead atoms. The molecule has 1 aliphatic rings. The number of carbonyl (C=O) groups excluding carboxylic acids is 1. The molecule has 0 radical (unpaired) electrons. The number of rotatable bonds is 2. The normalized spacial score (nSPS) is 20.4. The monoisotopic (exact) mass is 249 g/mol. The van der Waals surface area contributed by atoms with Gasteiger partial charge in [-0.05, 0) is 12.3 Å². The fraction of sp³-hybridized carbons (Fsp3) is 0.714. The Bertz CT molecular complexity index is 430. The summed E-state index contributed by atoms with van der Waals surface area (Å²) in [6.07, 6.45) is 5.87. The van der Waals surface area contributed by atoms with Crippen LogP contribution in [0.4, 0.5) is 0 Å². The van der Waals surface area contributed by atoms with E-state index in [2.05, 4.69) is 9.55 Å². The molecular formula is C14H23N3O. The number of hydrogen-bond acceptors (Lipinski definition) is 2. The average molecular weight is 249 g/mol. The second-order valence-electron chi connectivity index (χ2n) is 6.31. The molecule has 1 saturated heterocycles. The summed E-state index contributed by atoms with van der Waals surface area (Å²) in [4.78, 5) is 18.6. The fourth-order valence-electron chi connectivity index (χ4n) is 2.51. The summed E-state index contributed by atoms with van der Waals surface area (Å²) in [6, 6.07) is 0. The lowest BCUT2D eigenvalue weighted by molar-refractivity contribution is -0.138. The van der Waals surface area contributed by atoms with Crippen molar-refractivity contribution in [2.75, 3.05) is 13.1 Å². The standard InChI is InChI=1S/C14H23N3O/c1-14(2,3)13(18)17-7-5-11(10-17)9-12-15-6-8-16(12)4/h6,8,11H,5,7,9-10H2,1-4H3. The van der Waals surface area contributed by atoms with Crippen molar-refractivity contribution in [3.63, 3.8) is 0 Å². The van der Waals surface area contributed by atoms with Gasteiger partial charge in [-0.25, -0.2) is 4.98 Å². The number of amides is 1. The number of carbonyl (C=O) groups is 1. The smallest absolute Gasteiger partial charge is 0.227 e. The van der Waals surface area contributed by atoms with E-state index in [-0.39, 0.29) is 11.3 Å². The highest BCUT2D eigenvalue weighted by Crippen LogP contribution is 2.25. The van der Waals surface area contributed by atoms with E-state index in [9.17, 15) is 4.79 Å². The van der Waals surface area contributed by atoms with Gasteiger partial charge in [0.25, 0.3) is 0 Å². The molecule has 1 aliphatic heterocycles. The molecule has 0 aliphatic carbocycles. The quantitative estimate of drug-likeness (QED) is 0.802. The van der Waals surface area contributed by atoms with E-state index in [1.54, 1.807) is 0 Å². The van der Waals surface area contributed by atoms with E-state index < -0.39 is 0 Å². The van der Waals surface area contributed by atoms with Crippen molar-refractivity contribution in [1.82, 2.24) is 14.5 Å². The SMILES string of the molecule is Cn1ccnc1CC1CCN(C(=O)C(C)(C)C)C1. The molecule has 0 saturated carbocycles. The Labute approximate surface area is 109 Å². The number of likely N-dealkylation sites (tertiary alicyclic amines) is 1. The predicted octanol–water partition coefficient (Wildman–Crippen LogP) is 1.86. The largest absolute Gasteiger partial charge is 0.342 e. The molecule has 4 nitrogen and oxygen atoms in total. The minimum Gasteiger partial charge on any atom is -0.342 e. The van der Waals surface area contributed by atoms with E-state index in [1.165, 1.54) is 0 Å². The van der Waals surface area contributed by atoms with Gasteiger partial charge in [0.05, 0.1) is 0 Å². The molecule has 1 fully saturated rings. The first-order valence-corrected chi connectivity index (χ1v) is 6.63. The Balaban J connectivity index is 1.93. The van der Waals surface area contributed by atoms with Crippen LogP contribution < -0.4 is 0 Å². The third kappa shape index (κ3) is 2.74. The van der Waals surface area contributed by atoms with Crippen molar-refractivity contribution in [2.45, 2.75) is 33.6 Å². The summed E-state index contributed by atoms with van der Waals surface area (Å²) in [6.45, 7) is 7.73. The molecule has 2 rings (SSSR count). The van der Waals surface area contributed by atoms with Gasteiger partial charge >= 0.3 is 0 Å². The molecule has 2 heterocycles. The van der Waals surface area contributed by atoms with Gasteiger partial charge in [0, 0.05) is 44.4 Å². The molecule has 0 spiro atoms. The predicted molar refractivity (Wildman–Crippen MR) is 71.1 cm³/mol. The second-order valence-corrected chi connectivity index (χ2v) is 6.31. The third-order valence-electron chi connectivity index (χ3n) is 3.61. The van der Waals surface area contributed by atoms with E-state index in [4.69, 9.17) is 0 Å². The number of aromatic nitrogens is 2. The van der Waals surface area contributed by atoms with Crippen LogP contribution in [0.5, 0.6) is 0 Å². The molecule has 0 N–H and O–H groups in total. The highest BCUT2D eigenvalue weighted by Gasteiger charge is 2.33. The van der Waals surface area contributed by atoms with Crippen LogP contribution in [-0.4, -0.2) is 33.4 Å². The van der Waals surface area contributed by atoms with Gasteiger partial charge in [0.2, 0.25) is 5.91 Å². The van der Waals surface area contributed by atoms with Crippen molar-refractivity contribution in [3.8, 4) is 0 Å². The molecular weight excluding hydrogens is 226 g/mol. The van der Waals surface area contributed by atoms with Crippen LogP contribution in [0.1, 0.15) is 33.0 Å².